The summed E-state index contributed by atoms with van der Waals surface area (Å²) in [7, 11) is 4.36. The Morgan fingerprint density at radius 1 is 0.846 bits per heavy atom. The van der Waals surface area contributed by atoms with Crippen LogP contribution in [0, 0.1) is 0 Å². The van der Waals surface area contributed by atoms with Crippen molar-refractivity contribution in [2.45, 2.75) is 24.9 Å². The lowest BCUT2D eigenvalue weighted by Gasteiger charge is -2.29. The number of rotatable bonds is 5. The number of hydrogen-bond donors (Lipinski definition) is 1. The van der Waals surface area contributed by atoms with E-state index < -0.39 is 0 Å². The molecule has 0 bridgehead atoms. The minimum absolute atomic E-state index is 0.318. The predicted molar refractivity (Wildman–Crippen MR) is 110 cm³/mol. The lowest BCUT2D eigenvalue weighted by molar-refractivity contribution is 0.278. The minimum Gasteiger partial charge on any atom is -0.376 e. The Bertz CT molecular complexity index is 870. The second-order valence-corrected chi connectivity index (χ2v) is 7.38. The van der Waals surface area contributed by atoms with Gasteiger partial charge in [-0.25, -0.2) is 0 Å². The van der Waals surface area contributed by atoms with Crippen molar-refractivity contribution in [3.8, 4) is 0 Å². The molecule has 2 nitrogen and oxygen atoms in total. The van der Waals surface area contributed by atoms with Crippen LogP contribution in [0.4, 0.5) is 5.69 Å². The summed E-state index contributed by atoms with van der Waals surface area (Å²) in [5.74, 6) is 0. The van der Waals surface area contributed by atoms with Gasteiger partial charge in [-0.3, -0.25) is 0 Å². The van der Waals surface area contributed by atoms with E-state index in [9.17, 15) is 0 Å². The van der Waals surface area contributed by atoms with Crippen LogP contribution in [-0.4, -0.2) is 25.0 Å². The van der Waals surface area contributed by atoms with Gasteiger partial charge >= 0.3 is 0 Å². The monoisotopic (exact) mass is 342 g/mol. The summed E-state index contributed by atoms with van der Waals surface area (Å²) in [6.07, 6.45) is 2.05. The van der Waals surface area contributed by atoms with Crippen molar-refractivity contribution in [2.75, 3.05) is 19.4 Å². The largest absolute Gasteiger partial charge is 0.376 e. The number of benzene rings is 3. The summed E-state index contributed by atoms with van der Waals surface area (Å²) >= 11 is 0. The van der Waals surface area contributed by atoms with E-state index in [0.717, 1.165) is 12.8 Å². The molecule has 0 saturated carbocycles. The van der Waals surface area contributed by atoms with Crippen LogP contribution in [0.15, 0.2) is 78.9 Å². The third-order valence-corrected chi connectivity index (χ3v) is 5.43. The molecule has 26 heavy (non-hydrogen) atoms. The SMILES string of the molecule is CN(C)C1Cc2ccccc2C1Nc1ccccc1Cc1ccccc1. The van der Waals surface area contributed by atoms with Crippen LogP contribution in [0.1, 0.15) is 28.3 Å². The highest BCUT2D eigenvalue weighted by Crippen LogP contribution is 2.37. The van der Waals surface area contributed by atoms with Crippen LogP contribution in [0.5, 0.6) is 0 Å². The van der Waals surface area contributed by atoms with Crippen molar-refractivity contribution in [1.82, 2.24) is 4.90 Å². The molecule has 3 aromatic rings. The van der Waals surface area contributed by atoms with Gasteiger partial charge in [0, 0.05) is 11.7 Å². The van der Waals surface area contributed by atoms with Gasteiger partial charge in [0.05, 0.1) is 6.04 Å². The second-order valence-electron chi connectivity index (χ2n) is 7.38. The summed E-state index contributed by atoms with van der Waals surface area (Å²) in [6.45, 7) is 0. The number of likely N-dealkylation sites (N-methyl/N-ethyl adjacent to an activating group) is 1. The number of para-hydroxylation sites is 1. The minimum atomic E-state index is 0.318. The number of nitrogens with one attached hydrogen (secondary N) is 1. The Kier molecular flexibility index (Phi) is 4.77. The molecule has 0 spiro atoms. The van der Waals surface area contributed by atoms with Crippen LogP contribution in [-0.2, 0) is 12.8 Å². The molecule has 3 aromatic carbocycles. The van der Waals surface area contributed by atoms with Crippen LogP contribution in [0.25, 0.3) is 0 Å². The van der Waals surface area contributed by atoms with Crippen LogP contribution in [0.3, 0.4) is 0 Å². The van der Waals surface area contributed by atoms with Gasteiger partial charge in [-0.1, -0.05) is 72.8 Å². The van der Waals surface area contributed by atoms with Crippen molar-refractivity contribution in [3.63, 3.8) is 0 Å². The highest BCUT2D eigenvalue weighted by molar-refractivity contribution is 5.56. The molecule has 0 aliphatic heterocycles. The highest BCUT2D eigenvalue weighted by atomic mass is 15.1. The summed E-state index contributed by atoms with van der Waals surface area (Å²) < 4.78 is 0. The fourth-order valence-corrected chi connectivity index (χ4v) is 4.03. The van der Waals surface area contributed by atoms with Crippen molar-refractivity contribution in [2.24, 2.45) is 0 Å². The highest BCUT2D eigenvalue weighted by Gasteiger charge is 2.33. The van der Waals surface area contributed by atoms with Gasteiger partial charge in [-0.05, 0) is 55.3 Å². The van der Waals surface area contributed by atoms with Gasteiger partial charge < -0.3 is 10.2 Å². The molecule has 2 unspecified atom stereocenters. The molecule has 1 N–H and O–H groups in total. The van der Waals surface area contributed by atoms with Crippen molar-refractivity contribution in [1.29, 1.82) is 0 Å². The molecule has 1 aliphatic rings. The molecule has 0 aromatic heterocycles. The van der Waals surface area contributed by atoms with E-state index in [0.29, 0.717) is 12.1 Å². The molecular formula is C24H26N2. The molecular weight excluding hydrogens is 316 g/mol. The maximum absolute atomic E-state index is 3.88. The third kappa shape index (κ3) is 3.38. The lowest BCUT2D eigenvalue weighted by Crippen LogP contribution is -2.35. The Hall–Kier alpha value is -2.58. The average Bonchev–Trinajstić information content (AvgIpc) is 3.03. The van der Waals surface area contributed by atoms with Crippen LogP contribution in [0.2, 0.25) is 0 Å². The molecule has 0 radical (unpaired) electrons. The Labute approximate surface area is 156 Å². The molecule has 4 rings (SSSR count). The van der Waals surface area contributed by atoms with E-state index in [4.69, 9.17) is 0 Å². The summed E-state index contributed by atoms with van der Waals surface area (Å²) in [5.41, 5.74) is 6.83. The molecule has 1 aliphatic carbocycles. The molecule has 2 atom stereocenters. The Balaban J connectivity index is 1.64. The summed E-state index contributed by atoms with van der Waals surface area (Å²) in [4.78, 5) is 2.34. The second kappa shape index (κ2) is 7.35. The van der Waals surface area contributed by atoms with E-state index >= 15 is 0 Å². The predicted octanol–water partition coefficient (Wildman–Crippen LogP) is 4.92. The van der Waals surface area contributed by atoms with Crippen LogP contribution < -0.4 is 5.32 Å². The Morgan fingerprint density at radius 3 is 2.35 bits per heavy atom. The maximum Gasteiger partial charge on any atom is 0.0675 e. The maximum atomic E-state index is 3.88. The Morgan fingerprint density at radius 2 is 1.54 bits per heavy atom. The fraction of sp³-hybridized carbons (Fsp3) is 0.250. The normalized spacial score (nSPS) is 18.7. The van der Waals surface area contributed by atoms with Gasteiger partial charge in [-0.2, -0.15) is 0 Å². The standard InChI is InChI=1S/C24H26N2/c1-26(2)23-17-19-12-6-8-14-21(19)24(23)25-22-15-9-7-13-20(22)16-18-10-4-3-5-11-18/h3-15,23-25H,16-17H2,1-2H3. The van der Waals surface area contributed by atoms with Crippen molar-refractivity contribution in [3.05, 3.63) is 101 Å². The third-order valence-electron chi connectivity index (χ3n) is 5.43. The van der Waals surface area contributed by atoms with E-state index in [-0.39, 0.29) is 0 Å². The van der Waals surface area contributed by atoms with Crippen LogP contribution >= 0.6 is 0 Å². The number of hydrogen-bond acceptors (Lipinski definition) is 2. The summed E-state index contributed by atoms with van der Waals surface area (Å²) in [5, 5.41) is 3.88. The van der Waals surface area contributed by atoms with E-state index in [1.165, 1.54) is 27.9 Å². The molecule has 132 valence electrons. The van der Waals surface area contributed by atoms with Gasteiger partial charge in [0.2, 0.25) is 0 Å². The van der Waals surface area contributed by atoms with E-state index in [1.54, 1.807) is 0 Å². The number of fused-ring (bicyclic) bond motifs is 1. The first-order chi connectivity index (χ1) is 12.7. The van der Waals surface area contributed by atoms with Gasteiger partial charge in [-0.15, -0.1) is 0 Å². The van der Waals surface area contributed by atoms with Crippen molar-refractivity contribution < 1.29 is 0 Å². The smallest absolute Gasteiger partial charge is 0.0675 e. The zero-order valence-electron chi connectivity index (χ0n) is 15.5. The molecule has 0 heterocycles. The number of anilines is 1. The van der Waals surface area contributed by atoms with E-state index in [2.05, 4.69) is 103 Å². The topological polar surface area (TPSA) is 15.3 Å². The average molecular weight is 342 g/mol. The molecule has 0 saturated heterocycles. The van der Waals surface area contributed by atoms with Gasteiger partial charge in [0.25, 0.3) is 0 Å². The molecule has 0 fully saturated rings. The first-order valence-electron chi connectivity index (χ1n) is 9.35. The zero-order chi connectivity index (χ0) is 17.9. The van der Waals surface area contributed by atoms with E-state index in [1.807, 2.05) is 0 Å². The first-order valence-corrected chi connectivity index (χ1v) is 9.35. The van der Waals surface area contributed by atoms with Gasteiger partial charge in [0.15, 0.2) is 0 Å². The lowest BCUT2D eigenvalue weighted by atomic mass is 10.0. The van der Waals surface area contributed by atoms with Gasteiger partial charge in [0.1, 0.15) is 0 Å². The zero-order valence-corrected chi connectivity index (χ0v) is 15.5. The first kappa shape index (κ1) is 16.9. The van der Waals surface area contributed by atoms with Crippen molar-refractivity contribution >= 4 is 5.69 Å². The quantitative estimate of drug-likeness (QED) is 0.708. The number of nitrogens with zero attached hydrogens (tertiary/aromatic N) is 1. The molecule has 2 heteroatoms. The summed E-state index contributed by atoms with van der Waals surface area (Å²) in [6, 6.07) is 29.0. The molecule has 0 amide bonds. The fourth-order valence-electron chi connectivity index (χ4n) is 4.03.